The van der Waals surface area contributed by atoms with Crippen molar-refractivity contribution < 1.29 is 28.6 Å². The molecule has 6 heteroatoms. The molecule has 1 unspecified atom stereocenters. The molecule has 0 aromatic heterocycles. The molecule has 418 valence electrons. The van der Waals surface area contributed by atoms with E-state index >= 15 is 0 Å². The van der Waals surface area contributed by atoms with E-state index in [-0.39, 0.29) is 37.5 Å². The highest BCUT2D eigenvalue weighted by Crippen LogP contribution is 2.17. The number of carbonyl (C=O) groups is 3. The van der Waals surface area contributed by atoms with E-state index in [0.29, 0.717) is 19.3 Å². The van der Waals surface area contributed by atoms with Crippen molar-refractivity contribution in [2.45, 2.75) is 329 Å². The molecule has 0 aliphatic heterocycles. The highest BCUT2D eigenvalue weighted by Gasteiger charge is 2.19. The number of hydrogen-bond donors (Lipinski definition) is 0. The first-order valence-corrected chi connectivity index (χ1v) is 31.3. The van der Waals surface area contributed by atoms with Crippen molar-refractivity contribution in [2.24, 2.45) is 0 Å². The minimum Gasteiger partial charge on any atom is -0.462 e. The summed E-state index contributed by atoms with van der Waals surface area (Å²) in [7, 11) is 0. The van der Waals surface area contributed by atoms with Gasteiger partial charge >= 0.3 is 17.9 Å². The minimum absolute atomic E-state index is 0.0937. The Morgan fingerprint density at radius 3 is 0.931 bits per heavy atom. The zero-order chi connectivity index (χ0) is 52.2. The summed E-state index contributed by atoms with van der Waals surface area (Å²) in [5.74, 6) is -0.965. The fraction of sp³-hybridized carbons (Fsp3) is 0.803. The summed E-state index contributed by atoms with van der Waals surface area (Å²) in [4.78, 5) is 38.2. The van der Waals surface area contributed by atoms with E-state index in [1.807, 2.05) is 6.08 Å². The molecule has 0 aromatic rings. The van der Waals surface area contributed by atoms with Crippen LogP contribution in [-0.2, 0) is 28.6 Å². The molecule has 0 aromatic carbocycles. The van der Waals surface area contributed by atoms with Gasteiger partial charge in [0.25, 0.3) is 0 Å². The fourth-order valence-electron chi connectivity index (χ4n) is 9.10. The number of unbranched alkanes of at least 4 members (excludes halogenated alkanes) is 36. The van der Waals surface area contributed by atoms with Crippen LogP contribution in [0.25, 0.3) is 0 Å². The van der Waals surface area contributed by atoms with E-state index in [0.717, 1.165) is 64.2 Å². The average molecular weight is 1010 g/mol. The van der Waals surface area contributed by atoms with Crippen LogP contribution >= 0.6 is 0 Å². The van der Waals surface area contributed by atoms with Gasteiger partial charge < -0.3 is 14.2 Å². The highest BCUT2D eigenvalue weighted by molar-refractivity contribution is 5.71. The first-order valence-electron chi connectivity index (χ1n) is 31.3. The van der Waals surface area contributed by atoms with Crippen LogP contribution < -0.4 is 0 Å². The topological polar surface area (TPSA) is 78.9 Å². The van der Waals surface area contributed by atoms with Crippen molar-refractivity contribution in [1.29, 1.82) is 0 Å². The van der Waals surface area contributed by atoms with Gasteiger partial charge in [-0.15, -0.1) is 0 Å². The van der Waals surface area contributed by atoms with Crippen LogP contribution in [0.4, 0.5) is 0 Å². The molecule has 0 rings (SSSR count). The Morgan fingerprint density at radius 2 is 0.569 bits per heavy atom. The quantitative estimate of drug-likeness (QED) is 0.0261. The molecular weight excluding hydrogens is 889 g/mol. The van der Waals surface area contributed by atoms with Gasteiger partial charge in [0.1, 0.15) is 13.2 Å². The van der Waals surface area contributed by atoms with E-state index in [2.05, 4.69) is 75.5 Å². The Kier molecular flexibility index (Phi) is 58.2. The van der Waals surface area contributed by atoms with Crippen LogP contribution in [0.1, 0.15) is 323 Å². The molecule has 0 aliphatic rings. The normalized spacial score (nSPS) is 12.4. The Balaban J connectivity index is 4.33. The molecule has 0 bridgehead atoms. The molecule has 0 heterocycles. The van der Waals surface area contributed by atoms with Gasteiger partial charge in [-0.3, -0.25) is 14.4 Å². The lowest BCUT2D eigenvalue weighted by Crippen LogP contribution is -2.30. The van der Waals surface area contributed by atoms with Gasteiger partial charge in [0.2, 0.25) is 0 Å². The van der Waals surface area contributed by atoms with Crippen LogP contribution in [0.5, 0.6) is 0 Å². The summed E-state index contributed by atoms with van der Waals surface area (Å²) < 4.78 is 16.8. The fourth-order valence-corrected chi connectivity index (χ4v) is 9.10. The summed E-state index contributed by atoms with van der Waals surface area (Å²) in [6.07, 6.45) is 76.8. The Hall–Kier alpha value is -2.89. The lowest BCUT2D eigenvalue weighted by Gasteiger charge is -2.18. The van der Waals surface area contributed by atoms with Crippen LogP contribution in [-0.4, -0.2) is 37.2 Å². The molecule has 6 nitrogen and oxygen atoms in total. The zero-order valence-electron chi connectivity index (χ0n) is 47.9. The number of esters is 3. The van der Waals surface area contributed by atoms with Crippen molar-refractivity contribution in [3.05, 3.63) is 60.8 Å². The van der Waals surface area contributed by atoms with Crippen molar-refractivity contribution in [3.63, 3.8) is 0 Å². The third-order valence-corrected chi connectivity index (χ3v) is 13.8. The van der Waals surface area contributed by atoms with Gasteiger partial charge in [-0.2, -0.15) is 0 Å². The molecule has 0 aliphatic carbocycles. The van der Waals surface area contributed by atoms with Crippen LogP contribution in [0.3, 0.4) is 0 Å². The molecule has 0 saturated carbocycles. The second-order valence-electron chi connectivity index (χ2n) is 20.9. The molecule has 0 fully saturated rings. The summed E-state index contributed by atoms with van der Waals surface area (Å²) in [5, 5.41) is 0. The number of rotatable bonds is 57. The average Bonchev–Trinajstić information content (AvgIpc) is 3.38. The highest BCUT2D eigenvalue weighted by atomic mass is 16.6. The third-order valence-electron chi connectivity index (χ3n) is 13.8. The standard InChI is InChI=1S/C66H118O6/c1-4-7-10-13-16-19-22-25-27-29-31-32-33-35-36-38-41-44-47-50-53-56-59-65(68)71-62-63(61-70-64(67)58-55-52-49-46-43-40-24-21-18-15-12-9-6-3)72-66(69)60-57-54-51-48-45-42-39-37-34-30-28-26-23-20-17-14-11-8-5-2/h9,12,18,21,26,28,40,43,49,52,63H,4-8,10-11,13-17,19-20,22-25,27,29-39,41-42,44-48,50-51,53-62H2,1-3H3/b12-9-,21-18-,28-26-,43-40-,52-49-. The van der Waals surface area contributed by atoms with Crippen molar-refractivity contribution >= 4 is 17.9 Å². The van der Waals surface area contributed by atoms with E-state index in [9.17, 15) is 14.4 Å². The maximum Gasteiger partial charge on any atom is 0.306 e. The van der Waals surface area contributed by atoms with Crippen LogP contribution in [0.15, 0.2) is 60.8 Å². The predicted molar refractivity (Wildman–Crippen MR) is 312 cm³/mol. The lowest BCUT2D eigenvalue weighted by atomic mass is 10.0. The maximum absolute atomic E-state index is 12.9. The monoisotopic (exact) mass is 1010 g/mol. The molecule has 0 N–H and O–H groups in total. The summed E-state index contributed by atoms with van der Waals surface area (Å²) >= 11 is 0. The van der Waals surface area contributed by atoms with Crippen molar-refractivity contribution in [3.8, 4) is 0 Å². The minimum atomic E-state index is -0.803. The first-order chi connectivity index (χ1) is 35.5. The molecule has 72 heavy (non-hydrogen) atoms. The predicted octanol–water partition coefficient (Wildman–Crippen LogP) is 21.2. The van der Waals surface area contributed by atoms with Gasteiger partial charge in [0.05, 0.1) is 0 Å². The number of allylic oxidation sites excluding steroid dienone is 10. The summed E-state index contributed by atoms with van der Waals surface area (Å²) in [5.41, 5.74) is 0. The Labute approximate surface area is 447 Å². The smallest absolute Gasteiger partial charge is 0.306 e. The van der Waals surface area contributed by atoms with Gasteiger partial charge in [-0.25, -0.2) is 0 Å². The van der Waals surface area contributed by atoms with Gasteiger partial charge in [-0.1, -0.05) is 293 Å². The van der Waals surface area contributed by atoms with Crippen molar-refractivity contribution in [2.75, 3.05) is 13.2 Å². The second-order valence-corrected chi connectivity index (χ2v) is 20.9. The zero-order valence-corrected chi connectivity index (χ0v) is 47.9. The van der Waals surface area contributed by atoms with E-state index in [1.54, 1.807) is 0 Å². The second kappa shape index (κ2) is 60.7. The van der Waals surface area contributed by atoms with E-state index in [1.165, 1.54) is 212 Å². The maximum atomic E-state index is 12.9. The van der Waals surface area contributed by atoms with E-state index in [4.69, 9.17) is 14.2 Å². The third kappa shape index (κ3) is 58.0. The molecule has 0 spiro atoms. The van der Waals surface area contributed by atoms with Gasteiger partial charge in [-0.05, 0) is 70.6 Å². The Bertz CT molecular complexity index is 1290. The summed E-state index contributed by atoms with van der Waals surface area (Å²) in [6, 6.07) is 0. The van der Waals surface area contributed by atoms with Crippen molar-refractivity contribution in [1.82, 2.24) is 0 Å². The number of hydrogen-bond acceptors (Lipinski definition) is 6. The molecular formula is C66H118O6. The number of carbonyl (C=O) groups excluding carboxylic acids is 3. The largest absolute Gasteiger partial charge is 0.462 e. The summed E-state index contributed by atoms with van der Waals surface area (Å²) in [6.45, 7) is 6.50. The molecule has 1 atom stereocenters. The molecule has 0 amide bonds. The number of ether oxygens (including phenoxy) is 3. The van der Waals surface area contributed by atoms with Crippen LogP contribution in [0, 0.1) is 0 Å². The van der Waals surface area contributed by atoms with Crippen LogP contribution in [0.2, 0.25) is 0 Å². The SMILES string of the molecule is CC/C=C\C/C=C\C/C=C\C/C=C\CCC(=O)OCC(COC(=O)CCCCCCCCCCCCCCCCCCCCCCCC)OC(=O)CCCCCCCCCCC/C=C\CCCCCCCC. The van der Waals surface area contributed by atoms with Gasteiger partial charge in [0.15, 0.2) is 6.10 Å². The van der Waals surface area contributed by atoms with Gasteiger partial charge in [0, 0.05) is 19.3 Å². The molecule has 0 saturated heterocycles. The van der Waals surface area contributed by atoms with E-state index < -0.39 is 6.10 Å². The first kappa shape index (κ1) is 69.1. The lowest BCUT2D eigenvalue weighted by molar-refractivity contribution is -0.166. The Morgan fingerprint density at radius 1 is 0.292 bits per heavy atom. The molecule has 0 radical (unpaired) electrons.